The molecule has 0 unspecified atom stereocenters. The first-order valence-electron chi connectivity index (χ1n) is 7.51. The van der Waals surface area contributed by atoms with Gasteiger partial charge in [-0.3, -0.25) is 0 Å². The van der Waals surface area contributed by atoms with E-state index in [1.807, 2.05) is 12.1 Å². The molecule has 0 saturated heterocycles. The van der Waals surface area contributed by atoms with Crippen molar-refractivity contribution in [2.75, 3.05) is 23.9 Å². The predicted molar refractivity (Wildman–Crippen MR) is 94.2 cm³/mol. The monoisotopic (exact) mass is 366 g/mol. The first kappa shape index (κ1) is 18.5. The lowest BCUT2D eigenvalue weighted by molar-refractivity contribution is 0.129. The zero-order valence-corrected chi connectivity index (χ0v) is 14.3. The van der Waals surface area contributed by atoms with Crippen molar-refractivity contribution in [3.8, 4) is 11.8 Å². The standard InChI is InChI=1S/C17H23BrN2O2/c18-11-4-2-6-13-22-12-5-1-3-8-15-9-7-10-16(14-15)20-17(19)21/h7,9-10,14H,1-2,4-6,11-13H2,(H3,19,20,21). The van der Waals surface area contributed by atoms with E-state index in [0.29, 0.717) is 5.69 Å². The number of ether oxygens (including phenoxy) is 1. The molecule has 0 fully saturated rings. The molecule has 2 amide bonds. The van der Waals surface area contributed by atoms with Crippen LogP contribution in [0.15, 0.2) is 24.3 Å². The summed E-state index contributed by atoms with van der Waals surface area (Å²) >= 11 is 3.41. The number of hydrogen-bond acceptors (Lipinski definition) is 2. The van der Waals surface area contributed by atoms with Crippen LogP contribution >= 0.6 is 15.9 Å². The molecule has 0 aliphatic carbocycles. The van der Waals surface area contributed by atoms with Gasteiger partial charge in [0, 0.05) is 36.2 Å². The van der Waals surface area contributed by atoms with Crippen LogP contribution in [0.3, 0.4) is 0 Å². The number of unbranched alkanes of at least 4 members (excludes halogenated alkanes) is 3. The highest BCUT2D eigenvalue weighted by Crippen LogP contribution is 2.09. The van der Waals surface area contributed by atoms with Crippen molar-refractivity contribution in [3.63, 3.8) is 0 Å². The molecular weight excluding hydrogens is 344 g/mol. The third-order valence-corrected chi connectivity index (χ3v) is 3.44. The molecule has 120 valence electrons. The fourth-order valence-corrected chi connectivity index (χ4v) is 2.22. The molecular formula is C17H23BrN2O2. The van der Waals surface area contributed by atoms with E-state index in [9.17, 15) is 4.79 Å². The van der Waals surface area contributed by atoms with E-state index in [0.717, 1.165) is 43.4 Å². The van der Waals surface area contributed by atoms with Crippen molar-refractivity contribution in [1.29, 1.82) is 0 Å². The highest BCUT2D eigenvalue weighted by molar-refractivity contribution is 9.09. The first-order chi connectivity index (χ1) is 10.7. The number of benzene rings is 1. The van der Waals surface area contributed by atoms with Crippen LogP contribution in [0.25, 0.3) is 0 Å². The van der Waals surface area contributed by atoms with Gasteiger partial charge in [0.1, 0.15) is 0 Å². The van der Waals surface area contributed by atoms with Gasteiger partial charge in [0.2, 0.25) is 0 Å². The van der Waals surface area contributed by atoms with E-state index in [-0.39, 0.29) is 0 Å². The molecule has 0 bridgehead atoms. The number of nitrogens with two attached hydrogens (primary N) is 1. The van der Waals surface area contributed by atoms with Gasteiger partial charge in [0.05, 0.1) is 0 Å². The Labute approximate surface area is 140 Å². The maximum atomic E-state index is 10.8. The normalized spacial score (nSPS) is 9.86. The number of carbonyl (C=O) groups excluding carboxylic acids is 1. The summed E-state index contributed by atoms with van der Waals surface area (Å²) in [6.07, 6.45) is 5.27. The lowest BCUT2D eigenvalue weighted by Gasteiger charge is -2.02. The topological polar surface area (TPSA) is 64.4 Å². The lowest BCUT2D eigenvalue weighted by atomic mass is 10.2. The van der Waals surface area contributed by atoms with Crippen molar-refractivity contribution in [2.24, 2.45) is 5.73 Å². The average molecular weight is 367 g/mol. The van der Waals surface area contributed by atoms with Gasteiger partial charge in [-0.2, -0.15) is 0 Å². The smallest absolute Gasteiger partial charge is 0.316 e. The molecule has 0 spiro atoms. The van der Waals surface area contributed by atoms with Crippen LogP contribution in [0.2, 0.25) is 0 Å². The van der Waals surface area contributed by atoms with Gasteiger partial charge in [0.15, 0.2) is 0 Å². The van der Waals surface area contributed by atoms with E-state index in [2.05, 4.69) is 33.1 Å². The third kappa shape index (κ3) is 9.43. The zero-order chi connectivity index (χ0) is 16.0. The van der Waals surface area contributed by atoms with Crippen LogP contribution in [0.5, 0.6) is 0 Å². The average Bonchev–Trinajstić information content (AvgIpc) is 2.49. The Hall–Kier alpha value is -1.51. The molecule has 22 heavy (non-hydrogen) atoms. The fourth-order valence-electron chi connectivity index (χ4n) is 1.82. The van der Waals surface area contributed by atoms with Crippen LogP contribution < -0.4 is 11.1 Å². The molecule has 0 aliphatic heterocycles. The van der Waals surface area contributed by atoms with Crippen molar-refractivity contribution in [3.05, 3.63) is 29.8 Å². The number of alkyl halides is 1. The highest BCUT2D eigenvalue weighted by atomic mass is 79.9. The Kier molecular flexibility index (Phi) is 10.2. The predicted octanol–water partition coefficient (Wildman–Crippen LogP) is 3.89. The molecule has 1 aromatic carbocycles. The quantitative estimate of drug-likeness (QED) is 0.395. The fraction of sp³-hybridized carbons (Fsp3) is 0.471. The van der Waals surface area contributed by atoms with Gasteiger partial charge in [-0.25, -0.2) is 4.79 Å². The minimum absolute atomic E-state index is 0.571. The summed E-state index contributed by atoms with van der Waals surface area (Å²) < 4.78 is 5.55. The second kappa shape index (κ2) is 12.1. The highest BCUT2D eigenvalue weighted by Gasteiger charge is 1.96. The number of carbonyl (C=O) groups is 1. The number of rotatable bonds is 9. The van der Waals surface area contributed by atoms with Crippen molar-refractivity contribution in [2.45, 2.75) is 32.1 Å². The van der Waals surface area contributed by atoms with E-state index in [4.69, 9.17) is 10.5 Å². The second-order valence-corrected chi connectivity index (χ2v) is 5.63. The Balaban J connectivity index is 2.17. The lowest BCUT2D eigenvalue weighted by Crippen LogP contribution is -2.19. The molecule has 4 nitrogen and oxygen atoms in total. The molecule has 0 radical (unpaired) electrons. The summed E-state index contributed by atoms with van der Waals surface area (Å²) in [5, 5.41) is 3.60. The number of halogens is 1. The summed E-state index contributed by atoms with van der Waals surface area (Å²) in [6, 6.07) is 6.75. The molecule has 0 atom stereocenters. The number of hydrogen-bond donors (Lipinski definition) is 2. The molecule has 3 N–H and O–H groups in total. The zero-order valence-electron chi connectivity index (χ0n) is 12.7. The summed E-state index contributed by atoms with van der Waals surface area (Å²) in [5.41, 5.74) is 6.60. The third-order valence-electron chi connectivity index (χ3n) is 2.88. The number of urea groups is 1. The Bertz CT molecular complexity index is 509. The second-order valence-electron chi connectivity index (χ2n) is 4.84. The van der Waals surface area contributed by atoms with E-state index < -0.39 is 6.03 Å². The summed E-state index contributed by atoms with van der Waals surface area (Å²) in [6.45, 7) is 1.59. The summed E-state index contributed by atoms with van der Waals surface area (Å²) in [5.74, 6) is 6.19. The number of anilines is 1. The van der Waals surface area contributed by atoms with Gasteiger partial charge in [-0.15, -0.1) is 0 Å². The van der Waals surface area contributed by atoms with Gasteiger partial charge in [-0.1, -0.05) is 40.3 Å². The molecule has 5 heteroatoms. The van der Waals surface area contributed by atoms with Crippen LogP contribution in [0.1, 0.15) is 37.7 Å². The van der Waals surface area contributed by atoms with Crippen LogP contribution in [-0.2, 0) is 4.74 Å². The van der Waals surface area contributed by atoms with Crippen LogP contribution in [0, 0.1) is 11.8 Å². The molecule has 1 rings (SSSR count). The summed E-state index contributed by atoms with van der Waals surface area (Å²) in [4.78, 5) is 10.8. The Morgan fingerprint density at radius 3 is 2.82 bits per heavy atom. The maximum absolute atomic E-state index is 10.8. The molecule has 1 aromatic rings. The van der Waals surface area contributed by atoms with Gasteiger partial charge < -0.3 is 15.8 Å². The largest absolute Gasteiger partial charge is 0.381 e. The SMILES string of the molecule is NC(=O)Nc1cccc(C#CCCCOCCCCCBr)c1. The molecule has 0 saturated carbocycles. The van der Waals surface area contributed by atoms with E-state index in [1.54, 1.807) is 12.1 Å². The van der Waals surface area contributed by atoms with Crippen LogP contribution in [-0.4, -0.2) is 24.6 Å². The van der Waals surface area contributed by atoms with Gasteiger partial charge in [-0.05, 0) is 37.5 Å². The molecule has 0 aliphatic rings. The Morgan fingerprint density at radius 1 is 1.23 bits per heavy atom. The molecule has 0 aromatic heterocycles. The summed E-state index contributed by atoms with van der Waals surface area (Å²) in [7, 11) is 0. The first-order valence-corrected chi connectivity index (χ1v) is 8.63. The van der Waals surface area contributed by atoms with Crippen molar-refractivity contribution in [1.82, 2.24) is 0 Å². The van der Waals surface area contributed by atoms with Crippen molar-refractivity contribution < 1.29 is 9.53 Å². The minimum atomic E-state index is -0.571. The number of amides is 2. The maximum Gasteiger partial charge on any atom is 0.316 e. The van der Waals surface area contributed by atoms with Crippen molar-refractivity contribution >= 4 is 27.6 Å². The molecule has 0 heterocycles. The van der Waals surface area contributed by atoms with Gasteiger partial charge in [0.25, 0.3) is 0 Å². The van der Waals surface area contributed by atoms with E-state index in [1.165, 1.54) is 12.8 Å². The number of primary amides is 1. The number of nitrogens with one attached hydrogen (secondary N) is 1. The van der Waals surface area contributed by atoms with E-state index >= 15 is 0 Å². The minimum Gasteiger partial charge on any atom is -0.381 e. The Morgan fingerprint density at radius 2 is 2.05 bits per heavy atom. The van der Waals surface area contributed by atoms with Gasteiger partial charge >= 0.3 is 6.03 Å². The van der Waals surface area contributed by atoms with Crippen LogP contribution in [0.4, 0.5) is 10.5 Å².